The van der Waals surface area contributed by atoms with Crippen molar-refractivity contribution in [3.63, 3.8) is 0 Å². The third-order valence-corrected chi connectivity index (χ3v) is 5.34. The fourth-order valence-electron chi connectivity index (χ4n) is 3.59. The molecule has 0 aliphatic carbocycles. The van der Waals surface area contributed by atoms with Crippen molar-refractivity contribution in [3.05, 3.63) is 68.8 Å². The number of hydrogen-bond acceptors (Lipinski definition) is 6. The summed E-state index contributed by atoms with van der Waals surface area (Å²) in [6.07, 6.45) is 0.444. The second-order valence-electron chi connectivity index (χ2n) is 7.12. The molecule has 0 saturated carbocycles. The molecule has 2 aromatic rings. The standard InChI is InChI=1S/C21H23N3O5/c1-13-8-9-17(24(27)28)20(14(13)2)22-19(25)12-23-11-16-7-5-4-6-15(16)10-18(23)21(26)29-3/h4-9,18H,10-12H2,1-3H3,(H,22,25)/t18-/m1/s1. The topological polar surface area (TPSA) is 102 Å². The number of aryl methyl sites for hydroxylation is 1. The van der Waals surface area contributed by atoms with Crippen LogP contribution in [0.4, 0.5) is 11.4 Å². The van der Waals surface area contributed by atoms with E-state index in [1.807, 2.05) is 31.2 Å². The number of fused-ring (bicyclic) bond motifs is 1. The van der Waals surface area contributed by atoms with Gasteiger partial charge in [0.25, 0.3) is 5.69 Å². The summed E-state index contributed by atoms with van der Waals surface area (Å²) in [6, 6.07) is 10.2. The zero-order chi connectivity index (χ0) is 21.1. The minimum Gasteiger partial charge on any atom is -0.468 e. The molecular formula is C21H23N3O5. The van der Waals surface area contributed by atoms with Crippen LogP contribution < -0.4 is 5.32 Å². The Morgan fingerprint density at radius 1 is 1.21 bits per heavy atom. The van der Waals surface area contributed by atoms with Crippen LogP contribution in [-0.4, -0.2) is 41.4 Å². The van der Waals surface area contributed by atoms with E-state index in [1.54, 1.807) is 17.9 Å². The Morgan fingerprint density at radius 3 is 2.55 bits per heavy atom. The average Bonchev–Trinajstić information content (AvgIpc) is 2.70. The van der Waals surface area contributed by atoms with Gasteiger partial charge in [-0.2, -0.15) is 0 Å². The van der Waals surface area contributed by atoms with Crippen molar-refractivity contribution in [3.8, 4) is 0 Å². The molecule has 152 valence electrons. The highest BCUT2D eigenvalue weighted by Gasteiger charge is 2.33. The normalized spacial score (nSPS) is 16.0. The van der Waals surface area contributed by atoms with Gasteiger partial charge in [-0.15, -0.1) is 0 Å². The zero-order valence-electron chi connectivity index (χ0n) is 16.6. The molecule has 8 nitrogen and oxygen atoms in total. The molecule has 0 aromatic heterocycles. The van der Waals surface area contributed by atoms with Gasteiger partial charge in [0.2, 0.25) is 5.91 Å². The Labute approximate surface area is 168 Å². The lowest BCUT2D eigenvalue weighted by molar-refractivity contribution is -0.384. The summed E-state index contributed by atoms with van der Waals surface area (Å²) < 4.78 is 4.92. The first-order chi connectivity index (χ1) is 13.8. The van der Waals surface area contributed by atoms with E-state index in [0.29, 0.717) is 18.5 Å². The second kappa shape index (κ2) is 8.40. The van der Waals surface area contributed by atoms with E-state index < -0.39 is 22.8 Å². The van der Waals surface area contributed by atoms with Gasteiger partial charge < -0.3 is 10.1 Å². The molecule has 1 aliphatic rings. The number of nitrogens with zero attached hydrogens (tertiary/aromatic N) is 2. The minimum atomic E-state index is -0.589. The van der Waals surface area contributed by atoms with E-state index in [-0.39, 0.29) is 17.9 Å². The monoisotopic (exact) mass is 397 g/mol. The molecule has 0 fully saturated rings. The van der Waals surface area contributed by atoms with Crippen LogP contribution in [0.2, 0.25) is 0 Å². The fraction of sp³-hybridized carbons (Fsp3) is 0.333. The predicted molar refractivity (Wildman–Crippen MR) is 108 cm³/mol. The fourth-order valence-corrected chi connectivity index (χ4v) is 3.59. The predicted octanol–water partition coefficient (Wildman–Crippen LogP) is 2.75. The highest BCUT2D eigenvalue weighted by Crippen LogP contribution is 2.30. The molecule has 0 bridgehead atoms. The van der Waals surface area contributed by atoms with Crippen LogP contribution in [0.1, 0.15) is 22.3 Å². The smallest absolute Gasteiger partial charge is 0.323 e. The van der Waals surface area contributed by atoms with Crippen LogP contribution in [-0.2, 0) is 27.3 Å². The van der Waals surface area contributed by atoms with E-state index in [1.165, 1.54) is 13.2 Å². The largest absolute Gasteiger partial charge is 0.468 e. The van der Waals surface area contributed by atoms with Crippen molar-refractivity contribution < 1.29 is 19.2 Å². The molecule has 8 heteroatoms. The number of carbonyl (C=O) groups is 2. The Morgan fingerprint density at radius 2 is 1.90 bits per heavy atom. The van der Waals surface area contributed by atoms with E-state index in [0.717, 1.165) is 16.7 Å². The maximum Gasteiger partial charge on any atom is 0.323 e. The quantitative estimate of drug-likeness (QED) is 0.473. The average molecular weight is 397 g/mol. The summed E-state index contributed by atoms with van der Waals surface area (Å²) in [4.78, 5) is 37.6. The molecule has 0 radical (unpaired) electrons. The Kier molecular flexibility index (Phi) is 5.93. The maximum atomic E-state index is 12.8. The number of amides is 1. The lowest BCUT2D eigenvalue weighted by Gasteiger charge is -2.34. The van der Waals surface area contributed by atoms with Crippen LogP contribution >= 0.6 is 0 Å². The third-order valence-electron chi connectivity index (χ3n) is 5.34. The van der Waals surface area contributed by atoms with E-state index >= 15 is 0 Å². The van der Waals surface area contributed by atoms with Gasteiger partial charge in [0, 0.05) is 12.6 Å². The van der Waals surface area contributed by atoms with Gasteiger partial charge in [0.05, 0.1) is 18.6 Å². The van der Waals surface area contributed by atoms with E-state index in [9.17, 15) is 19.7 Å². The molecule has 2 aromatic carbocycles. The number of methoxy groups -OCH3 is 1. The van der Waals surface area contributed by atoms with Gasteiger partial charge in [0.1, 0.15) is 11.7 Å². The summed E-state index contributed by atoms with van der Waals surface area (Å²) in [5, 5.41) is 14.0. The number of rotatable bonds is 5. The molecule has 1 N–H and O–H groups in total. The van der Waals surface area contributed by atoms with Crippen molar-refractivity contribution in [1.82, 2.24) is 4.90 Å². The van der Waals surface area contributed by atoms with Crippen LogP contribution in [0.3, 0.4) is 0 Å². The van der Waals surface area contributed by atoms with Crippen molar-refractivity contribution in [2.45, 2.75) is 32.9 Å². The number of nitro groups is 1. The van der Waals surface area contributed by atoms with Gasteiger partial charge >= 0.3 is 5.97 Å². The van der Waals surface area contributed by atoms with Crippen LogP contribution in [0.25, 0.3) is 0 Å². The molecule has 3 rings (SSSR count). The van der Waals surface area contributed by atoms with Gasteiger partial charge in [-0.3, -0.25) is 24.6 Å². The summed E-state index contributed by atoms with van der Waals surface area (Å²) in [5.41, 5.74) is 3.59. The second-order valence-corrected chi connectivity index (χ2v) is 7.12. The molecule has 0 spiro atoms. The number of ether oxygens (including phenoxy) is 1. The van der Waals surface area contributed by atoms with Crippen molar-refractivity contribution in [2.75, 3.05) is 19.0 Å². The van der Waals surface area contributed by atoms with Gasteiger partial charge in [-0.05, 0) is 42.5 Å². The van der Waals surface area contributed by atoms with Crippen LogP contribution in [0, 0.1) is 24.0 Å². The number of benzene rings is 2. The number of nitro benzene ring substituents is 1. The van der Waals surface area contributed by atoms with Crippen LogP contribution in [0.5, 0.6) is 0 Å². The molecule has 0 unspecified atom stereocenters. The number of esters is 1. The molecular weight excluding hydrogens is 374 g/mol. The number of nitrogens with one attached hydrogen (secondary N) is 1. The van der Waals surface area contributed by atoms with E-state index in [2.05, 4.69) is 5.32 Å². The molecule has 1 heterocycles. The highest BCUT2D eigenvalue weighted by atomic mass is 16.6. The summed E-state index contributed by atoms with van der Waals surface area (Å²) in [6.45, 7) is 3.88. The summed E-state index contributed by atoms with van der Waals surface area (Å²) in [7, 11) is 1.32. The molecule has 29 heavy (non-hydrogen) atoms. The Hall–Kier alpha value is -3.26. The molecule has 1 amide bonds. The van der Waals surface area contributed by atoms with Crippen molar-refractivity contribution in [1.29, 1.82) is 0 Å². The lowest BCUT2D eigenvalue weighted by atomic mass is 9.94. The maximum absolute atomic E-state index is 12.8. The first-order valence-corrected chi connectivity index (χ1v) is 9.25. The lowest BCUT2D eigenvalue weighted by Crippen LogP contribution is -2.49. The number of anilines is 1. The highest BCUT2D eigenvalue weighted by molar-refractivity contribution is 5.96. The van der Waals surface area contributed by atoms with Gasteiger partial charge in [0.15, 0.2) is 0 Å². The molecule has 1 aliphatic heterocycles. The number of hydrogen-bond donors (Lipinski definition) is 1. The van der Waals surface area contributed by atoms with E-state index in [4.69, 9.17) is 4.74 Å². The van der Waals surface area contributed by atoms with Crippen molar-refractivity contribution >= 4 is 23.3 Å². The van der Waals surface area contributed by atoms with Crippen molar-refractivity contribution in [2.24, 2.45) is 0 Å². The minimum absolute atomic E-state index is 0.0847. The Balaban J connectivity index is 1.83. The summed E-state index contributed by atoms with van der Waals surface area (Å²) in [5.74, 6) is -0.833. The zero-order valence-corrected chi connectivity index (χ0v) is 16.6. The summed E-state index contributed by atoms with van der Waals surface area (Å²) >= 11 is 0. The Bertz CT molecular complexity index is 973. The SMILES string of the molecule is COC(=O)[C@H]1Cc2ccccc2CN1CC(=O)Nc1c([N+](=O)[O-])ccc(C)c1C. The third kappa shape index (κ3) is 4.27. The van der Waals surface area contributed by atoms with Crippen LogP contribution in [0.15, 0.2) is 36.4 Å². The number of carbonyl (C=O) groups excluding carboxylic acids is 2. The molecule has 1 atom stereocenters. The first kappa shape index (κ1) is 20.5. The first-order valence-electron chi connectivity index (χ1n) is 9.25. The van der Waals surface area contributed by atoms with Gasteiger partial charge in [-0.1, -0.05) is 30.3 Å². The molecule has 0 saturated heterocycles. The van der Waals surface area contributed by atoms with Gasteiger partial charge in [-0.25, -0.2) is 0 Å².